The molecule has 0 aliphatic carbocycles. The van der Waals surface area contributed by atoms with Gasteiger partial charge in [0.05, 0.1) is 19.3 Å². The number of benzene rings is 2. The number of hydrogen-bond acceptors (Lipinski definition) is 5. The molecular weight excluding hydrogens is 378 g/mol. The van der Waals surface area contributed by atoms with Crippen LogP contribution in [0, 0.1) is 0 Å². The summed E-state index contributed by atoms with van der Waals surface area (Å²) in [5.74, 6) is 2.32. The second-order valence-electron chi connectivity index (χ2n) is 7.95. The van der Waals surface area contributed by atoms with E-state index in [1.807, 2.05) is 44.2 Å². The van der Waals surface area contributed by atoms with E-state index in [2.05, 4.69) is 18.7 Å². The molecular formula is C25H33NO4. The van der Waals surface area contributed by atoms with Crippen molar-refractivity contribution in [3.05, 3.63) is 47.5 Å². The van der Waals surface area contributed by atoms with Crippen LogP contribution >= 0.6 is 0 Å². The fourth-order valence-electron chi connectivity index (χ4n) is 3.81. The summed E-state index contributed by atoms with van der Waals surface area (Å²) in [4.78, 5) is 2.38. The SMILES string of the molecule is CCN(CC)CCCOc1ccc(C2=Cc3c(O)cccc3OC2(C)C)cc1OC. The third-order valence-corrected chi connectivity index (χ3v) is 5.59. The van der Waals surface area contributed by atoms with Crippen LogP contribution in [0.3, 0.4) is 0 Å². The minimum absolute atomic E-state index is 0.209. The minimum Gasteiger partial charge on any atom is -0.507 e. The highest BCUT2D eigenvalue weighted by Crippen LogP contribution is 2.44. The Morgan fingerprint density at radius 3 is 2.53 bits per heavy atom. The number of hydrogen-bond donors (Lipinski definition) is 1. The Kier molecular flexibility index (Phi) is 6.93. The Balaban J connectivity index is 1.81. The zero-order valence-electron chi connectivity index (χ0n) is 18.7. The van der Waals surface area contributed by atoms with E-state index >= 15 is 0 Å². The molecule has 0 saturated carbocycles. The van der Waals surface area contributed by atoms with E-state index < -0.39 is 5.60 Å². The lowest BCUT2D eigenvalue weighted by molar-refractivity contribution is 0.169. The largest absolute Gasteiger partial charge is 0.507 e. The van der Waals surface area contributed by atoms with Crippen LogP contribution in [0.15, 0.2) is 36.4 Å². The van der Waals surface area contributed by atoms with E-state index in [4.69, 9.17) is 14.2 Å². The van der Waals surface area contributed by atoms with Crippen molar-refractivity contribution in [2.24, 2.45) is 0 Å². The van der Waals surface area contributed by atoms with Crippen molar-refractivity contribution < 1.29 is 19.3 Å². The first-order chi connectivity index (χ1) is 14.4. The molecule has 1 aliphatic heterocycles. The van der Waals surface area contributed by atoms with Crippen LogP contribution in [0.4, 0.5) is 0 Å². The van der Waals surface area contributed by atoms with Gasteiger partial charge >= 0.3 is 0 Å². The molecule has 0 spiro atoms. The molecule has 2 aromatic carbocycles. The first-order valence-corrected chi connectivity index (χ1v) is 10.7. The predicted molar refractivity (Wildman–Crippen MR) is 122 cm³/mol. The normalized spacial score (nSPS) is 14.7. The lowest BCUT2D eigenvalue weighted by Gasteiger charge is -2.34. The van der Waals surface area contributed by atoms with Crippen molar-refractivity contribution >= 4 is 11.6 Å². The molecule has 0 unspecified atom stereocenters. The summed E-state index contributed by atoms with van der Waals surface area (Å²) >= 11 is 0. The zero-order chi connectivity index (χ0) is 21.7. The topological polar surface area (TPSA) is 51.2 Å². The Labute approximate surface area is 179 Å². The number of phenolic OH excluding ortho intramolecular Hbond substituents is 1. The first-order valence-electron chi connectivity index (χ1n) is 10.7. The van der Waals surface area contributed by atoms with Gasteiger partial charge in [-0.25, -0.2) is 0 Å². The van der Waals surface area contributed by atoms with Gasteiger partial charge in [-0.2, -0.15) is 0 Å². The molecule has 1 N–H and O–H groups in total. The molecule has 0 radical (unpaired) electrons. The molecule has 2 aromatic rings. The summed E-state index contributed by atoms with van der Waals surface area (Å²) in [7, 11) is 1.65. The maximum atomic E-state index is 10.3. The molecule has 3 rings (SSSR count). The van der Waals surface area contributed by atoms with Crippen LogP contribution in [-0.4, -0.2) is 49.0 Å². The fraction of sp³-hybridized carbons (Fsp3) is 0.440. The minimum atomic E-state index is -0.544. The van der Waals surface area contributed by atoms with Crippen molar-refractivity contribution in [2.75, 3.05) is 33.4 Å². The van der Waals surface area contributed by atoms with E-state index in [1.54, 1.807) is 19.2 Å². The molecule has 0 saturated heterocycles. The number of nitrogens with zero attached hydrogens (tertiary/aromatic N) is 1. The van der Waals surface area contributed by atoms with E-state index in [0.717, 1.165) is 42.9 Å². The maximum absolute atomic E-state index is 10.3. The average molecular weight is 412 g/mol. The molecule has 162 valence electrons. The van der Waals surface area contributed by atoms with Gasteiger partial charge in [-0.05, 0) is 69.3 Å². The molecule has 0 fully saturated rings. The Morgan fingerprint density at radius 1 is 1.07 bits per heavy atom. The number of rotatable bonds is 9. The van der Waals surface area contributed by atoms with Crippen molar-refractivity contribution in [2.45, 2.75) is 39.7 Å². The summed E-state index contributed by atoms with van der Waals surface area (Å²) in [6.45, 7) is 12.2. The van der Waals surface area contributed by atoms with Crippen molar-refractivity contribution in [1.29, 1.82) is 0 Å². The summed E-state index contributed by atoms with van der Waals surface area (Å²) in [5, 5.41) is 10.3. The van der Waals surface area contributed by atoms with Crippen molar-refractivity contribution in [3.8, 4) is 23.0 Å². The first kappa shape index (κ1) is 22.0. The predicted octanol–water partition coefficient (Wildman–Crippen LogP) is 5.22. The van der Waals surface area contributed by atoms with Gasteiger partial charge in [0.1, 0.15) is 17.1 Å². The van der Waals surface area contributed by atoms with E-state index in [0.29, 0.717) is 23.7 Å². The molecule has 1 heterocycles. The smallest absolute Gasteiger partial charge is 0.161 e. The van der Waals surface area contributed by atoms with Gasteiger partial charge in [0, 0.05) is 12.1 Å². The number of aromatic hydroxyl groups is 1. The van der Waals surface area contributed by atoms with E-state index in [9.17, 15) is 5.11 Å². The van der Waals surface area contributed by atoms with Crippen LogP contribution < -0.4 is 14.2 Å². The molecule has 0 amide bonds. The third kappa shape index (κ3) is 4.73. The molecule has 1 aliphatic rings. The molecule has 5 heteroatoms. The maximum Gasteiger partial charge on any atom is 0.161 e. The highest BCUT2D eigenvalue weighted by molar-refractivity contribution is 5.91. The number of phenols is 1. The number of fused-ring (bicyclic) bond motifs is 1. The van der Waals surface area contributed by atoms with E-state index in [1.165, 1.54) is 0 Å². The fourth-order valence-corrected chi connectivity index (χ4v) is 3.81. The highest BCUT2D eigenvalue weighted by Gasteiger charge is 2.32. The molecule has 5 nitrogen and oxygen atoms in total. The summed E-state index contributed by atoms with van der Waals surface area (Å²) in [6, 6.07) is 11.3. The molecule has 0 bridgehead atoms. The third-order valence-electron chi connectivity index (χ3n) is 5.59. The summed E-state index contributed by atoms with van der Waals surface area (Å²) in [6.07, 6.45) is 2.96. The number of ether oxygens (including phenoxy) is 3. The van der Waals surface area contributed by atoms with Crippen LogP contribution in [0.25, 0.3) is 11.6 Å². The van der Waals surface area contributed by atoms with Crippen LogP contribution in [0.1, 0.15) is 45.2 Å². The summed E-state index contributed by atoms with van der Waals surface area (Å²) < 4.78 is 17.8. The van der Waals surface area contributed by atoms with Crippen LogP contribution in [-0.2, 0) is 0 Å². The molecule has 0 aromatic heterocycles. The Morgan fingerprint density at radius 2 is 1.83 bits per heavy atom. The monoisotopic (exact) mass is 411 g/mol. The lowest BCUT2D eigenvalue weighted by Crippen LogP contribution is -2.32. The van der Waals surface area contributed by atoms with Gasteiger partial charge in [-0.15, -0.1) is 0 Å². The zero-order valence-corrected chi connectivity index (χ0v) is 18.7. The Bertz CT molecular complexity index is 900. The highest BCUT2D eigenvalue weighted by atomic mass is 16.5. The average Bonchev–Trinajstić information content (AvgIpc) is 2.73. The summed E-state index contributed by atoms with van der Waals surface area (Å²) in [5.41, 5.74) is 2.10. The van der Waals surface area contributed by atoms with Gasteiger partial charge in [-0.3, -0.25) is 0 Å². The number of methoxy groups -OCH3 is 1. The van der Waals surface area contributed by atoms with Gasteiger partial charge in [0.25, 0.3) is 0 Å². The second-order valence-corrected chi connectivity index (χ2v) is 7.95. The van der Waals surface area contributed by atoms with Gasteiger partial charge in [0.15, 0.2) is 11.5 Å². The van der Waals surface area contributed by atoms with Crippen molar-refractivity contribution in [1.82, 2.24) is 4.90 Å². The van der Waals surface area contributed by atoms with Gasteiger partial charge < -0.3 is 24.2 Å². The standard InChI is InChI=1S/C25H33NO4/c1-6-26(7-2)14-9-15-29-23-13-12-18(16-24(23)28-5)20-17-19-21(27)10-8-11-22(19)30-25(20,3)4/h8,10-13,16-17,27H,6-7,9,14-15H2,1-5H3. The van der Waals surface area contributed by atoms with E-state index in [-0.39, 0.29) is 5.75 Å². The van der Waals surface area contributed by atoms with Gasteiger partial charge in [0.2, 0.25) is 0 Å². The second kappa shape index (κ2) is 9.43. The Hall–Kier alpha value is -2.66. The molecule has 30 heavy (non-hydrogen) atoms. The quantitative estimate of drug-likeness (QED) is 0.573. The lowest BCUT2D eigenvalue weighted by atomic mass is 9.86. The van der Waals surface area contributed by atoms with Crippen LogP contribution in [0.5, 0.6) is 23.0 Å². The van der Waals surface area contributed by atoms with Crippen LogP contribution in [0.2, 0.25) is 0 Å². The molecule has 0 atom stereocenters. The van der Waals surface area contributed by atoms with Gasteiger partial charge in [-0.1, -0.05) is 26.0 Å². The van der Waals surface area contributed by atoms with Crippen molar-refractivity contribution in [3.63, 3.8) is 0 Å².